The molecule has 28 heavy (non-hydrogen) atoms. The van der Waals surface area contributed by atoms with Gasteiger partial charge < -0.3 is 0 Å². The standard InChI is InChI=1S/C16H10N2O6S4/c19-27(20,21)13-5-3-11(15(7-13)17-9-25)1-2-12-4-6-14(28(22,23)24)8-16(12)18-10-26/h1-8H,(H,19,20,21)(H,22,23,24). The van der Waals surface area contributed by atoms with Crippen molar-refractivity contribution in [2.75, 3.05) is 0 Å². The Hall–Kier alpha value is -2.40. The summed E-state index contributed by atoms with van der Waals surface area (Å²) in [4.78, 5) is 6.82. The molecule has 0 atom stereocenters. The van der Waals surface area contributed by atoms with Crippen molar-refractivity contribution in [3.63, 3.8) is 0 Å². The first-order valence-corrected chi connectivity index (χ1v) is 10.8. The maximum Gasteiger partial charge on any atom is 0.294 e. The largest absolute Gasteiger partial charge is 0.294 e. The van der Waals surface area contributed by atoms with E-state index in [1.807, 2.05) is 0 Å². The summed E-state index contributed by atoms with van der Waals surface area (Å²) < 4.78 is 63.3. The summed E-state index contributed by atoms with van der Waals surface area (Å²) >= 11 is 9.09. The summed E-state index contributed by atoms with van der Waals surface area (Å²) in [5, 5.41) is 4.24. The lowest BCUT2D eigenvalue weighted by molar-refractivity contribution is 0.481. The lowest BCUT2D eigenvalue weighted by Crippen LogP contribution is -1.98. The molecule has 0 radical (unpaired) electrons. The van der Waals surface area contributed by atoms with E-state index in [4.69, 9.17) is 9.11 Å². The highest BCUT2D eigenvalue weighted by atomic mass is 32.2. The van der Waals surface area contributed by atoms with Gasteiger partial charge in [-0.2, -0.15) is 26.8 Å². The van der Waals surface area contributed by atoms with Crippen LogP contribution in [0, 0.1) is 0 Å². The third kappa shape index (κ3) is 5.55. The number of nitrogens with zero attached hydrogens (tertiary/aromatic N) is 2. The SMILES string of the molecule is O=S(=O)(O)c1ccc(C=Cc2ccc(S(=O)(=O)O)cc2N=C=S)c(N=C=S)c1. The molecule has 0 aliphatic rings. The lowest BCUT2D eigenvalue weighted by atomic mass is 10.1. The molecule has 0 aromatic heterocycles. The van der Waals surface area contributed by atoms with Gasteiger partial charge in [-0.15, -0.1) is 0 Å². The molecular weight excluding hydrogens is 444 g/mol. The zero-order chi connectivity index (χ0) is 20.9. The van der Waals surface area contributed by atoms with E-state index in [0.717, 1.165) is 12.1 Å². The molecule has 2 aromatic rings. The van der Waals surface area contributed by atoms with Gasteiger partial charge in [0.1, 0.15) is 0 Å². The van der Waals surface area contributed by atoms with Gasteiger partial charge in [0.25, 0.3) is 20.2 Å². The Labute approximate surface area is 171 Å². The highest BCUT2D eigenvalue weighted by Crippen LogP contribution is 2.28. The van der Waals surface area contributed by atoms with Crippen LogP contribution in [-0.4, -0.2) is 36.3 Å². The van der Waals surface area contributed by atoms with Crippen molar-refractivity contribution in [3.8, 4) is 0 Å². The molecule has 0 aliphatic heterocycles. The first kappa shape index (κ1) is 21.9. The van der Waals surface area contributed by atoms with Crippen LogP contribution in [0.15, 0.2) is 56.2 Å². The molecule has 0 heterocycles. The summed E-state index contributed by atoms with van der Waals surface area (Å²) in [6.45, 7) is 0. The molecule has 0 saturated carbocycles. The lowest BCUT2D eigenvalue weighted by Gasteiger charge is -2.04. The zero-order valence-electron chi connectivity index (χ0n) is 13.7. The minimum absolute atomic E-state index is 0.135. The highest BCUT2D eigenvalue weighted by Gasteiger charge is 2.13. The summed E-state index contributed by atoms with van der Waals surface area (Å²) in [6.07, 6.45) is 3.06. The number of thiocarbonyl (C=S) groups is 2. The van der Waals surface area contributed by atoms with Gasteiger partial charge in [0.05, 0.1) is 31.5 Å². The second-order valence-corrected chi connectivity index (χ2v) is 8.34. The average molecular weight is 455 g/mol. The predicted molar refractivity (Wildman–Crippen MR) is 111 cm³/mol. The van der Waals surface area contributed by atoms with E-state index in [2.05, 4.69) is 44.7 Å². The number of benzene rings is 2. The Kier molecular flexibility index (Phi) is 6.83. The topological polar surface area (TPSA) is 133 Å². The molecule has 0 unspecified atom stereocenters. The normalized spacial score (nSPS) is 11.6. The van der Waals surface area contributed by atoms with Crippen molar-refractivity contribution in [3.05, 3.63) is 47.5 Å². The van der Waals surface area contributed by atoms with E-state index in [9.17, 15) is 16.8 Å². The second-order valence-electron chi connectivity index (χ2n) is 5.13. The summed E-state index contributed by atoms with van der Waals surface area (Å²) in [7, 11) is -8.84. The van der Waals surface area contributed by atoms with E-state index in [-0.39, 0.29) is 21.2 Å². The molecule has 0 spiro atoms. The molecule has 0 bridgehead atoms. The Balaban J connectivity index is 2.56. The fourth-order valence-electron chi connectivity index (χ4n) is 2.12. The maximum absolute atomic E-state index is 11.3. The summed E-state index contributed by atoms with van der Waals surface area (Å²) in [6, 6.07) is 7.36. The predicted octanol–water partition coefficient (Wildman–Crippen LogP) is 3.82. The van der Waals surface area contributed by atoms with Gasteiger partial charge in [-0.25, -0.2) is 0 Å². The molecule has 0 amide bonds. The van der Waals surface area contributed by atoms with E-state index in [1.165, 1.54) is 36.4 Å². The maximum atomic E-state index is 11.3. The van der Waals surface area contributed by atoms with Crippen LogP contribution in [0.25, 0.3) is 12.2 Å². The Bertz CT molecular complexity index is 1170. The molecular formula is C16H10N2O6S4. The smallest absolute Gasteiger partial charge is 0.282 e. The summed E-state index contributed by atoms with van der Waals surface area (Å²) in [5.41, 5.74) is 1.13. The third-order valence-electron chi connectivity index (χ3n) is 3.37. The van der Waals surface area contributed by atoms with E-state index in [0.29, 0.717) is 11.1 Å². The van der Waals surface area contributed by atoms with Gasteiger partial charge >= 0.3 is 0 Å². The van der Waals surface area contributed by atoms with Gasteiger partial charge in [0.2, 0.25) is 0 Å². The van der Waals surface area contributed by atoms with Crippen molar-refractivity contribution in [1.29, 1.82) is 0 Å². The fraction of sp³-hybridized carbons (Fsp3) is 0. The minimum Gasteiger partial charge on any atom is -0.282 e. The van der Waals surface area contributed by atoms with Crippen molar-refractivity contribution in [1.82, 2.24) is 0 Å². The Morgan fingerprint density at radius 3 is 1.39 bits per heavy atom. The Morgan fingerprint density at radius 2 is 1.11 bits per heavy atom. The van der Waals surface area contributed by atoms with Crippen LogP contribution in [-0.2, 0) is 20.2 Å². The number of hydrogen-bond donors (Lipinski definition) is 2. The van der Waals surface area contributed by atoms with E-state index >= 15 is 0 Å². The van der Waals surface area contributed by atoms with Crippen molar-refractivity contribution in [2.24, 2.45) is 9.98 Å². The number of isothiocyanates is 2. The van der Waals surface area contributed by atoms with Crippen LogP contribution in [0.3, 0.4) is 0 Å². The molecule has 2 rings (SSSR count). The molecule has 2 aromatic carbocycles. The van der Waals surface area contributed by atoms with Gasteiger partial charge in [-0.3, -0.25) is 9.11 Å². The van der Waals surface area contributed by atoms with Gasteiger partial charge in [-0.1, -0.05) is 24.3 Å². The molecule has 0 aliphatic carbocycles. The molecule has 8 nitrogen and oxygen atoms in total. The van der Waals surface area contributed by atoms with Crippen LogP contribution < -0.4 is 0 Å². The highest BCUT2D eigenvalue weighted by molar-refractivity contribution is 7.86. The first-order chi connectivity index (χ1) is 13.1. The molecule has 144 valence electrons. The van der Waals surface area contributed by atoms with Gasteiger partial charge in [-0.05, 0) is 48.7 Å². The van der Waals surface area contributed by atoms with E-state index in [1.54, 1.807) is 0 Å². The molecule has 2 N–H and O–H groups in total. The molecule has 0 fully saturated rings. The van der Waals surface area contributed by atoms with Crippen LogP contribution in [0.4, 0.5) is 11.4 Å². The number of hydrogen-bond acceptors (Lipinski definition) is 8. The van der Waals surface area contributed by atoms with Crippen LogP contribution in [0.1, 0.15) is 11.1 Å². The first-order valence-electron chi connectivity index (χ1n) is 7.13. The minimum atomic E-state index is -4.42. The van der Waals surface area contributed by atoms with Crippen molar-refractivity contribution in [2.45, 2.75) is 9.79 Å². The van der Waals surface area contributed by atoms with Gasteiger partial charge in [0.15, 0.2) is 0 Å². The Morgan fingerprint density at radius 1 is 0.750 bits per heavy atom. The molecule has 12 heteroatoms. The van der Waals surface area contributed by atoms with Crippen LogP contribution >= 0.6 is 24.4 Å². The van der Waals surface area contributed by atoms with Gasteiger partial charge in [0, 0.05) is 11.1 Å². The second kappa shape index (κ2) is 8.74. The van der Waals surface area contributed by atoms with Crippen molar-refractivity contribution < 1.29 is 25.9 Å². The molecule has 0 saturated heterocycles. The van der Waals surface area contributed by atoms with Crippen molar-refractivity contribution >= 4 is 78.5 Å². The van der Waals surface area contributed by atoms with Crippen LogP contribution in [0.5, 0.6) is 0 Å². The monoisotopic (exact) mass is 454 g/mol. The fourth-order valence-corrected chi connectivity index (χ4v) is 3.32. The number of aliphatic imine (C=N–C) groups is 2. The quantitative estimate of drug-likeness (QED) is 0.291. The number of rotatable bonds is 6. The van der Waals surface area contributed by atoms with Crippen LogP contribution in [0.2, 0.25) is 0 Å². The van der Waals surface area contributed by atoms with E-state index < -0.39 is 20.2 Å². The average Bonchev–Trinajstić information content (AvgIpc) is 2.60. The summed E-state index contributed by atoms with van der Waals surface area (Å²) in [5.74, 6) is 0. The third-order valence-corrected chi connectivity index (χ3v) is 5.26. The zero-order valence-corrected chi connectivity index (χ0v) is 16.9.